The van der Waals surface area contributed by atoms with E-state index in [1.165, 1.54) is 0 Å². The molecule has 0 fully saturated rings. The van der Waals surface area contributed by atoms with Crippen LogP contribution in [0.1, 0.15) is 14.8 Å². The fourth-order valence-electron chi connectivity index (χ4n) is 1.32. The topological polar surface area (TPSA) is 101 Å². The average molecular weight is 312 g/mol. The number of sulfonamides is 1. The van der Waals surface area contributed by atoms with Crippen LogP contribution in [0.5, 0.6) is 0 Å². The molecule has 0 aliphatic rings. The minimum absolute atomic E-state index is 0.0229. The molecule has 0 radical (unpaired) electrons. The van der Waals surface area contributed by atoms with Crippen molar-refractivity contribution >= 4 is 33.0 Å². The molecule has 1 heterocycles. The van der Waals surface area contributed by atoms with Crippen LogP contribution in [-0.2, 0) is 16.6 Å². The maximum Gasteiger partial charge on any atom is 0.286 e. The van der Waals surface area contributed by atoms with Gasteiger partial charge in [0.25, 0.3) is 5.91 Å². The first-order valence-corrected chi connectivity index (χ1v) is 8.28. The second-order valence-electron chi connectivity index (χ2n) is 3.91. The van der Waals surface area contributed by atoms with Crippen molar-refractivity contribution < 1.29 is 13.2 Å². The lowest BCUT2D eigenvalue weighted by Gasteiger charge is -2.00. The quantitative estimate of drug-likeness (QED) is 0.852. The number of anilines is 1. The molecule has 2 rings (SSSR count). The Kier molecular flexibility index (Phi) is 4.42. The summed E-state index contributed by atoms with van der Waals surface area (Å²) in [6.45, 7) is 0.0229. The van der Waals surface area contributed by atoms with Gasteiger partial charge in [-0.2, -0.15) is 0 Å². The summed E-state index contributed by atoms with van der Waals surface area (Å²) in [6.07, 6.45) is 1.05. The number of para-hydroxylation sites is 1. The first-order valence-electron chi connectivity index (χ1n) is 5.57. The van der Waals surface area contributed by atoms with E-state index in [0.717, 1.165) is 17.6 Å². The molecule has 7 nitrogen and oxygen atoms in total. The van der Waals surface area contributed by atoms with Gasteiger partial charge in [-0.1, -0.05) is 29.5 Å². The molecule has 9 heteroatoms. The minimum Gasteiger partial charge on any atom is -0.320 e. The molecule has 0 spiro atoms. The molecule has 0 saturated heterocycles. The van der Waals surface area contributed by atoms with Gasteiger partial charge >= 0.3 is 0 Å². The van der Waals surface area contributed by atoms with Crippen molar-refractivity contribution in [3.05, 3.63) is 40.3 Å². The average Bonchev–Trinajstić information content (AvgIpc) is 2.86. The first-order chi connectivity index (χ1) is 9.44. The van der Waals surface area contributed by atoms with Gasteiger partial charge in [0, 0.05) is 5.69 Å². The third-order valence-corrected chi connectivity index (χ3v) is 3.77. The lowest BCUT2D eigenvalue weighted by atomic mass is 10.3. The maximum atomic E-state index is 11.9. The highest BCUT2D eigenvalue weighted by molar-refractivity contribution is 7.88. The van der Waals surface area contributed by atoms with Crippen molar-refractivity contribution in [2.24, 2.45) is 0 Å². The summed E-state index contributed by atoms with van der Waals surface area (Å²) in [5, 5.41) is 10.8. The van der Waals surface area contributed by atoms with Gasteiger partial charge in [-0.3, -0.25) is 4.79 Å². The lowest BCUT2D eigenvalue weighted by Crippen LogP contribution is -2.21. The predicted molar refractivity (Wildman–Crippen MR) is 76.0 cm³/mol. The predicted octanol–water partition coefficient (Wildman–Crippen LogP) is 0.840. The van der Waals surface area contributed by atoms with Crippen molar-refractivity contribution in [3.63, 3.8) is 0 Å². The molecule has 0 atom stereocenters. The Balaban J connectivity index is 2.00. The van der Waals surface area contributed by atoms with Crippen LogP contribution in [0.25, 0.3) is 0 Å². The van der Waals surface area contributed by atoms with E-state index in [9.17, 15) is 13.2 Å². The molecule has 0 bridgehead atoms. The largest absolute Gasteiger partial charge is 0.320 e. The van der Waals surface area contributed by atoms with Crippen LogP contribution in [0, 0.1) is 0 Å². The Labute approximate surface area is 120 Å². The number of hydrogen-bond acceptors (Lipinski definition) is 6. The fourth-order valence-corrected chi connectivity index (χ4v) is 2.48. The maximum absolute atomic E-state index is 11.9. The molecule has 1 aromatic heterocycles. The van der Waals surface area contributed by atoms with Gasteiger partial charge in [0.05, 0.1) is 12.8 Å². The molecule has 106 valence electrons. The number of benzene rings is 1. The highest BCUT2D eigenvalue weighted by Crippen LogP contribution is 2.13. The lowest BCUT2D eigenvalue weighted by molar-refractivity contribution is 0.102. The van der Waals surface area contributed by atoms with E-state index in [1.807, 2.05) is 6.07 Å². The van der Waals surface area contributed by atoms with Crippen LogP contribution in [0.15, 0.2) is 30.3 Å². The summed E-state index contributed by atoms with van der Waals surface area (Å²) in [4.78, 5) is 11.9. The number of nitrogens with zero attached hydrogens (tertiary/aromatic N) is 2. The number of nitrogens with one attached hydrogen (secondary N) is 2. The number of aromatic nitrogens is 2. The van der Waals surface area contributed by atoms with Crippen LogP contribution < -0.4 is 10.0 Å². The van der Waals surface area contributed by atoms with E-state index in [0.29, 0.717) is 10.7 Å². The first kappa shape index (κ1) is 14.6. The summed E-state index contributed by atoms with van der Waals surface area (Å²) in [7, 11) is -3.29. The Morgan fingerprint density at radius 3 is 2.60 bits per heavy atom. The third kappa shape index (κ3) is 4.37. The molecule has 1 amide bonds. The second kappa shape index (κ2) is 6.07. The van der Waals surface area contributed by atoms with E-state index in [4.69, 9.17) is 0 Å². The molecular weight excluding hydrogens is 300 g/mol. The summed E-state index contributed by atoms with van der Waals surface area (Å²) in [5.74, 6) is -0.376. The Morgan fingerprint density at radius 2 is 1.95 bits per heavy atom. The van der Waals surface area contributed by atoms with Crippen LogP contribution in [0.4, 0.5) is 5.69 Å². The number of carbonyl (C=O) groups excluding carboxylic acids is 1. The van der Waals surface area contributed by atoms with Crippen LogP contribution in [0.2, 0.25) is 0 Å². The Morgan fingerprint density at radius 1 is 1.25 bits per heavy atom. The van der Waals surface area contributed by atoms with Crippen molar-refractivity contribution in [1.82, 2.24) is 14.9 Å². The molecule has 0 aliphatic heterocycles. The zero-order valence-electron chi connectivity index (χ0n) is 10.5. The molecule has 0 unspecified atom stereocenters. The molecule has 20 heavy (non-hydrogen) atoms. The zero-order chi connectivity index (χ0) is 14.6. The van der Waals surface area contributed by atoms with Gasteiger partial charge in [0.1, 0.15) is 5.01 Å². The fraction of sp³-hybridized carbons (Fsp3) is 0.182. The standard InChI is InChI=1S/C11H12N4O3S2/c1-20(17,18)12-7-9-14-15-11(19-9)10(16)13-8-5-3-2-4-6-8/h2-6,12H,7H2,1H3,(H,13,16). The molecule has 0 aliphatic carbocycles. The highest BCUT2D eigenvalue weighted by atomic mass is 32.2. The molecule has 2 N–H and O–H groups in total. The summed E-state index contributed by atoms with van der Waals surface area (Å²) >= 11 is 1.04. The van der Waals surface area contributed by atoms with Crippen LogP contribution in [-0.4, -0.2) is 30.8 Å². The van der Waals surface area contributed by atoms with E-state index in [1.54, 1.807) is 24.3 Å². The minimum atomic E-state index is -3.29. The second-order valence-corrected chi connectivity index (χ2v) is 6.81. The SMILES string of the molecule is CS(=O)(=O)NCc1nnc(C(=O)Nc2ccccc2)s1. The molecule has 2 aromatic rings. The number of hydrogen-bond donors (Lipinski definition) is 2. The van der Waals surface area contributed by atoms with Crippen molar-refractivity contribution in [2.75, 3.05) is 11.6 Å². The Hall–Kier alpha value is -1.84. The summed E-state index contributed by atoms with van der Waals surface area (Å²) < 4.78 is 24.2. The van der Waals surface area contributed by atoms with Gasteiger partial charge in [0.2, 0.25) is 15.0 Å². The Bertz CT molecular complexity index is 697. The van der Waals surface area contributed by atoms with Gasteiger partial charge in [-0.15, -0.1) is 10.2 Å². The number of carbonyl (C=O) groups is 1. The molecular formula is C11H12N4O3S2. The van der Waals surface area contributed by atoms with Crippen LogP contribution >= 0.6 is 11.3 Å². The van der Waals surface area contributed by atoms with E-state index in [2.05, 4.69) is 20.2 Å². The van der Waals surface area contributed by atoms with Crippen molar-refractivity contribution in [1.29, 1.82) is 0 Å². The third-order valence-electron chi connectivity index (χ3n) is 2.18. The summed E-state index contributed by atoms with van der Waals surface area (Å²) in [6, 6.07) is 8.96. The van der Waals surface area contributed by atoms with Crippen molar-refractivity contribution in [2.45, 2.75) is 6.54 Å². The van der Waals surface area contributed by atoms with Crippen molar-refractivity contribution in [3.8, 4) is 0 Å². The smallest absolute Gasteiger partial charge is 0.286 e. The highest BCUT2D eigenvalue weighted by Gasteiger charge is 2.13. The van der Waals surface area contributed by atoms with E-state index < -0.39 is 10.0 Å². The van der Waals surface area contributed by atoms with E-state index >= 15 is 0 Å². The van der Waals surface area contributed by atoms with Gasteiger partial charge < -0.3 is 5.32 Å². The normalized spacial score (nSPS) is 11.2. The van der Waals surface area contributed by atoms with E-state index in [-0.39, 0.29) is 17.5 Å². The van der Waals surface area contributed by atoms with Gasteiger partial charge in [-0.25, -0.2) is 13.1 Å². The molecule has 1 aromatic carbocycles. The number of amides is 1. The zero-order valence-corrected chi connectivity index (χ0v) is 12.2. The monoisotopic (exact) mass is 312 g/mol. The van der Waals surface area contributed by atoms with Crippen LogP contribution in [0.3, 0.4) is 0 Å². The number of rotatable bonds is 5. The molecule has 0 saturated carbocycles. The summed E-state index contributed by atoms with van der Waals surface area (Å²) in [5.41, 5.74) is 0.656. The van der Waals surface area contributed by atoms with Gasteiger partial charge in [-0.05, 0) is 12.1 Å². The van der Waals surface area contributed by atoms with Gasteiger partial charge in [0.15, 0.2) is 0 Å².